The Labute approximate surface area is 145 Å². The molecule has 0 radical (unpaired) electrons. The van der Waals surface area contributed by atoms with Crippen LogP contribution in [0.2, 0.25) is 0 Å². The Morgan fingerprint density at radius 1 is 1.21 bits per heavy atom. The molecule has 0 heterocycles. The molecule has 1 amide bonds. The summed E-state index contributed by atoms with van der Waals surface area (Å²) < 4.78 is 5.56. The number of hydrogen-bond donors (Lipinski definition) is 1. The number of benzene rings is 1. The monoisotopic (exact) mass is 327 g/mol. The predicted molar refractivity (Wildman–Crippen MR) is 98.1 cm³/mol. The molecule has 1 atom stereocenters. The van der Waals surface area contributed by atoms with Crippen molar-refractivity contribution in [2.75, 3.05) is 0 Å². The highest BCUT2D eigenvalue weighted by Crippen LogP contribution is 2.45. The van der Waals surface area contributed by atoms with Crippen molar-refractivity contribution in [1.82, 2.24) is 5.32 Å². The van der Waals surface area contributed by atoms with Crippen LogP contribution in [0.5, 0.6) is 0 Å². The quantitative estimate of drug-likeness (QED) is 0.797. The van der Waals surface area contributed by atoms with Crippen LogP contribution in [0.1, 0.15) is 75.5 Å². The first-order valence-electron chi connectivity index (χ1n) is 9.10. The normalized spacial score (nSPS) is 22.1. The predicted octanol–water partition coefficient (Wildman–Crippen LogP) is 5.33. The molecule has 1 saturated carbocycles. The fraction of sp³-hybridized carbons (Fsp3) is 0.571. The van der Waals surface area contributed by atoms with Gasteiger partial charge in [-0.3, -0.25) is 0 Å². The lowest BCUT2D eigenvalue weighted by atomic mass is 9.71. The molecule has 1 aromatic rings. The second-order valence-corrected chi connectivity index (χ2v) is 8.26. The standard InChI is InChI=1S/C21H29NO2/c1-15-9-8-10-17-16(15)11-12-18(17)21(13-6-5-7-14-21)22-19(23)24-20(2,3)4/h8-12,18H,5-7,13-14H2,1-4H3,(H,22,23). The average molecular weight is 327 g/mol. The van der Waals surface area contributed by atoms with Gasteiger partial charge >= 0.3 is 6.09 Å². The molecule has 24 heavy (non-hydrogen) atoms. The van der Waals surface area contributed by atoms with Gasteiger partial charge in [0, 0.05) is 5.92 Å². The van der Waals surface area contributed by atoms with Crippen molar-refractivity contribution in [1.29, 1.82) is 0 Å². The Hall–Kier alpha value is -1.77. The molecule has 0 bridgehead atoms. The Morgan fingerprint density at radius 3 is 2.58 bits per heavy atom. The summed E-state index contributed by atoms with van der Waals surface area (Å²) in [5.74, 6) is 0.236. The molecular weight excluding hydrogens is 298 g/mol. The van der Waals surface area contributed by atoms with Crippen molar-refractivity contribution in [2.24, 2.45) is 0 Å². The van der Waals surface area contributed by atoms with Gasteiger partial charge in [-0.05, 0) is 57.2 Å². The lowest BCUT2D eigenvalue weighted by molar-refractivity contribution is 0.0411. The van der Waals surface area contributed by atoms with Gasteiger partial charge in [0.05, 0.1) is 5.54 Å². The number of hydrogen-bond acceptors (Lipinski definition) is 2. The Bertz CT molecular complexity index is 648. The number of rotatable bonds is 2. The van der Waals surface area contributed by atoms with E-state index in [2.05, 4.69) is 42.6 Å². The summed E-state index contributed by atoms with van der Waals surface area (Å²) in [6.07, 6.45) is 9.78. The molecule has 0 saturated heterocycles. The first kappa shape index (κ1) is 17.1. The lowest BCUT2D eigenvalue weighted by Gasteiger charge is -2.43. The second-order valence-electron chi connectivity index (χ2n) is 8.26. The van der Waals surface area contributed by atoms with Crippen LogP contribution in [0.3, 0.4) is 0 Å². The molecule has 2 aliphatic carbocycles. The van der Waals surface area contributed by atoms with Crippen LogP contribution >= 0.6 is 0 Å². The number of ether oxygens (including phenoxy) is 1. The summed E-state index contributed by atoms with van der Waals surface area (Å²) in [6, 6.07) is 6.48. The average Bonchev–Trinajstić information content (AvgIpc) is 2.92. The van der Waals surface area contributed by atoms with E-state index in [1.807, 2.05) is 20.8 Å². The molecule has 0 aromatic heterocycles. The van der Waals surface area contributed by atoms with Crippen LogP contribution < -0.4 is 5.32 Å². The molecule has 1 fully saturated rings. The second kappa shape index (κ2) is 6.27. The van der Waals surface area contributed by atoms with Gasteiger partial charge in [0.2, 0.25) is 0 Å². The van der Waals surface area contributed by atoms with Crippen LogP contribution in [0.25, 0.3) is 6.08 Å². The third kappa shape index (κ3) is 3.35. The summed E-state index contributed by atoms with van der Waals surface area (Å²) >= 11 is 0. The molecule has 1 unspecified atom stereocenters. The minimum absolute atomic E-state index is 0.226. The van der Waals surface area contributed by atoms with Gasteiger partial charge in [-0.1, -0.05) is 49.6 Å². The van der Waals surface area contributed by atoms with Crippen LogP contribution in [-0.4, -0.2) is 17.2 Å². The third-order valence-electron chi connectivity index (χ3n) is 5.24. The maximum absolute atomic E-state index is 12.5. The molecule has 1 N–H and O–H groups in total. The van der Waals surface area contributed by atoms with E-state index in [4.69, 9.17) is 4.74 Å². The zero-order valence-electron chi connectivity index (χ0n) is 15.3. The van der Waals surface area contributed by atoms with Gasteiger partial charge in [-0.25, -0.2) is 4.79 Å². The Kier molecular flexibility index (Phi) is 4.46. The molecule has 2 aliphatic rings. The summed E-state index contributed by atoms with van der Waals surface area (Å²) in [5.41, 5.74) is 3.26. The van der Waals surface area contributed by atoms with E-state index < -0.39 is 5.60 Å². The Morgan fingerprint density at radius 2 is 1.92 bits per heavy atom. The van der Waals surface area contributed by atoms with Crippen molar-refractivity contribution in [2.45, 2.75) is 76.9 Å². The zero-order chi connectivity index (χ0) is 17.4. The van der Waals surface area contributed by atoms with Crippen LogP contribution in [0.15, 0.2) is 24.3 Å². The molecule has 0 spiro atoms. The van der Waals surface area contributed by atoms with Crippen molar-refractivity contribution in [3.63, 3.8) is 0 Å². The number of carbonyl (C=O) groups excluding carboxylic acids is 1. The summed E-state index contributed by atoms with van der Waals surface area (Å²) in [4.78, 5) is 12.5. The van der Waals surface area contributed by atoms with Gasteiger partial charge in [-0.15, -0.1) is 0 Å². The highest BCUT2D eigenvalue weighted by atomic mass is 16.6. The van der Waals surface area contributed by atoms with Crippen LogP contribution in [0, 0.1) is 6.92 Å². The fourth-order valence-electron chi connectivity index (χ4n) is 4.18. The number of alkyl carbamates (subject to hydrolysis) is 1. The first-order valence-corrected chi connectivity index (χ1v) is 9.10. The smallest absolute Gasteiger partial charge is 0.408 e. The number of nitrogens with one attached hydrogen (secondary N) is 1. The van der Waals surface area contributed by atoms with Gasteiger partial charge in [0.25, 0.3) is 0 Å². The number of carbonyl (C=O) groups is 1. The SMILES string of the molecule is Cc1cccc2c1C=CC2C1(NC(=O)OC(C)(C)C)CCCCC1. The van der Waals surface area contributed by atoms with E-state index in [1.165, 1.54) is 23.1 Å². The number of amides is 1. The maximum atomic E-state index is 12.5. The maximum Gasteiger partial charge on any atom is 0.408 e. The van der Waals surface area contributed by atoms with Gasteiger partial charge in [0.15, 0.2) is 0 Å². The van der Waals surface area contributed by atoms with Crippen LogP contribution in [-0.2, 0) is 4.74 Å². The Balaban J connectivity index is 1.90. The highest BCUT2D eigenvalue weighted by molar-refractivity contribution is 5.71. The van der Waals surface area contributed by atoms with E-state index in [0.717, 1.165) is 25.7 Å². The topological polar surface area (TPSA) is 38.3 Å². The molecule has 130 valence electrons. The van der Waals surface area contributed by atoms with Crippen molar-refractivity contribution < 1.29 is 9.53 Å². The minimum atomic E-state index is -0.472. The minimum Gasteiger partial charge on any atom is -0.444 e. The number of aryl methyl sites for hydroxylation is 1. The molecular formula is C21H29NO2. The zero-order valence-corrected chi connectivity index (χ0v) is 15.3. The van der Waals surface area contributed by atoms with Crippen molar-refractivity contribution in [3.8, 4) is 0 Å². The van der Waals surface area contributed by atoms with Gasteiger partial charge < -0.3 is 10.1 Å². The summed E-state index contributed by atoms with van der Waals surface area (Å²) in [7, 11) is 0. The summed E-state index contributed by atoms with van der Waals surface area (Å²) in [5, 5.41) is 3.28. The molecule has 1 aromatic carbocycles. The first-order chi connectivity index (χ1) is 11.3. The van der Waals surface area contributed by atoms with E-state index in [0.29, 0.717) is 0 Å². The van der Waals surface area contributed by atoms with Crippen LogP contribution in [0.4, 0.5) is 4.79 Å². The molecule has 3 nitrogen and oxygen atoms in total. The molecule has 3 heteroatoms. The van der Waals surface area contributed by atoms with Gasteiger partial charge in [-0.2, -0.15) is 0 Å². The van der Waals surface area contributed by atoms with Crippen molar-refractivity contribution in [3.05, 3.63) is 41.0 Å². The fourth-order valence-corrected chi connectivity index (χ4v) is 4.18. The largest absolute Gasteiger partial charge is 0.444 e. The van der Waals surface area contributed by atoms with E-state index in [1.54, 1.807) is 0 Å². The van der Waals surface area contributed by atoms with Gasteiger partial charge in [0.1, 0.15) is 5.60 Å². The highest BCUT2D eigenvalue weighted by Gasteiger charge is 2.43. The molecule has 0 aliphatic heterocycles. The summed E-state index contributed by atoms with van der Waals surface area (Å²) in [6.45, 7) is 7.89. The van der Waals surface area contributed by atoms with E-state index >= 15 is 0 Å². The lowest BCUT2D eigenvalue weighted by Crippen LogP contribution is -2.54. The van der Waals surface area contributed by atoms with E-state index in [9.17, 15) is 4.79 Å². The van der Waals surface area contributed by atoms with Crippen molar-refractivity contribution >= 4 is 12.2 Å². The third-order valence-corrected chi connectivity index (χ3v) is 5.24. The number of fused-ring (bicyclic) bond motifs is 1. The van der Waals surface area contributed by atoms with E-state index in [-0.39, 0.29) is 17.6 Å². The molecule has 3 rings (SSSR count).